The molecule has 1 N–H and O–H groups in total. The fraction of sp³-hybridized carbons (Fsp3) is 0.706. The van der Waals surface area contributed by atoms with Gasteiger partial charge in [-0.15, -0.1) is 0 Å². The average Bonchev–Trinajstić information content (AvgIpc) is 2.93. The maximum absolute atomic E-state index is 12.7. The van der Waals surface area contributed by atoms with Crippen molar-refractivity contribution in [3.8, 4) is 0 Å². The van der Waals surface area contributed by atoms with Crippen LogP contribution >= 0.6 is 0 Å². The predicted molar refractivity (Wildman–Crippen MR) is 168 cm³/mol. The van der Waals surface area contributed by atoms with E-state index in [0.717, 1.165) is 56.0 Å². The summed E-state index contributed by atoms with van der Waals surface area (Å²) in [4.78, 5) is 23.7. The van der Waals surface area contributed by atoms with Gasteiger partial charge in [-0.3, -0.25) is 0 Å². The molecule has 0 unspecified atom stereocenters. The van der Waals surface area contributed by atoms with Crippen molar-refractivity contribution >= 4 is 20.3 Å². The van der Waals surface area contributed by atoms with Crippen LogP contribution in [-0.2, 0) is 20.4 Å². The average molecular weight is 559 g/mol. The molecular formula is C34H58O4Si. The third-order valence-electron chi connectivity index (χ3n) is 7.84. The maximum Gasteiger partial charge on any atom is 0.328 e. The van der Waals surface area contributed by atoms with Crippen LogP contribution < -0.4 is 0 Å². The van der Waals surface area contributed by atoms with E-state index in [-0.39, 0.29) is 0 Å². The van der Waals surface area contributed by atoms with Gasteiger partial charge in [0.2, 0.25) is 0 Å². The number of carboxylic acid groups (broad SMARTS) is 1. The number of hydrogen-bond donors (Lipinski definition) is 1. The number of carbonyl (C=O) groups excluding carboxylic acids is 1. The first kappa shape index (κ1) is 35.1. The second-order valence-corrected chi connectivity index (χ2v) is 15.5. The van der Waals surface area contributed by atoms with Gasteiger partial charge < -0.3 is 9.53 Å². The quantitative estimate of drug-likeness (QED) is 0.0698. The van der Waals surface area contributed by atoms with Gasteiger partial charge in [-0.2, -0.15) is 0 Å². The van der Waals surface area contributed by atoms with Gasteiger partial charge in [-0.25, -0.2) is 9.59 Å². The van der Waals surface area contributed by atoms with E-state index in [0.29, 0.717) is 0 Å². The molecule has 1 aromatic carbocycles. The Bertz CT molecular complexity index is 746. The summed E-state index contributed by atoms with van der Waals surface area (Å²) in [5, 5.41) is 8.99. The summed E-state index contributed by atoms with van der Waals surface area (Å²) in [7, 11) is -2.28. The molecule has 0 aromatic heterocycles. The first-order valence-corrected chi connectivity index (χ1v) is 18.7. The predicted octanol–water partition coefficient (Wildman–Crippen LogP) is 10.4. The molecule has 4 nitrogen and oxygen atoms in total. The monoisotopic (exact) mass is 558 g/mol. The lowest BCUT2D eigenvalue weighted by atomic mass is 10.1. The minimum atomic E-state index is -2.28. The van der Waals surface area contributed by atoms with Crippen LogP contribution in [-0.4, -0.2) is 25.4 Å². The molecule has 39 heavy (non-hydrogen) atoms. The number of aliphatic carboxylic acids is 1. The van der Waals surface area contributed by atoms with Crippen LogP contribution in [0.4, 0.5) is 0 Å². The van der Waals surface area contributed by atoms with Crippen molar-refractivity contribution < 1.29 is 19.1 Å². The van der Waals surface area contributed by atoms with Gasteiger partial charge in [0.05, 0.1) is 0 Å². The Balaban J connectivity index is 2.64. The number of unbranched alkanes of at least 4 members (excludes halogenated alkanes) is 15. The Labute approximate surface area is 241 Å². The fourth-order valence-corrected chi connectivity index (χ4v) is 9.73. The van der Waals surface area contributed by atoms with E-state index < -0.39 is 20.3 Å². The molecule has 0 aliphatic rings. The highest BCUT2D eigenvalue weighted by Gasteiger charge is 2.36. The largest absolute Gasteiger partial charge is 0.516 e. The lowest BCUT2D eigenvalue weighted by Gasteiger charge is -2.31. The van der Waals surface area contributed by atoms with Crippen molar-refractivity contribution in [3.63, 3.8) is 0 Å². The molecule has 0 radical (unpaired) electrons. The minimum absolute atomic E-state index is 0.443. The minimum Gasteiger partial charge on any atom is -0.516 e. The highest BCUT2D eigenvalue weighted by molar-refractivity contribution is 6.75. The molecule has 0 saturated heterocycles. The van der Waals surface area contributed by atoms with Gasteiger partial charge in [-0.05, 0) is 36.5 Å². The van der Waals surface area contributed by atoms with Gasteiger partial charge in [0.1, 0.15) is 0 Å². The summed E-state index contributed by atoms with van der Waals surface area (Å²) in [6, 6.07) is 13.8. The Kier molecular flexibility index (Phi) is 21.6. The van der Waals surface area contributed by atoms with Crippen LogP contribution in [0, 0.1) is 0 Å². The van der Waals surface area contributed by atoms with E-state index in [1.807, 2.05) is 0 Å². The zero-order chi connectivity index (χ0) is 28.4. The van der Waals surface area contributed by atoms with E-state index in [1.54, 1.807) is 0 Å². The molecule has 0 aliphatic heterocycles. The topological polar surface area (TPSA) is 63.6 Å². The molecule has 1 rings (SSSR count). The summed E-state index contributed by atoms with van der Waals surface area (Å²) in [5.74, 6) is -1.54. The lowest BCUT2D eigenvalue weighted by Crippen LogP contribution is -2.40. The zero-order valence-electron chi connectivity index (χ0n) is 25.3. The van der Waals surface area contributed by atoms with E-state index in [9.17, 15) is 9.59 Å². The third kappa shape index (κ3) is 19.8. The Hall–Kier alpha value is -1.88. The van der Waals surface area contributed by atoms with Crippen molar-refractivity contribution in [2.75, 3.05) is 0 Å². The van der Waals surface area contributed by atoms with Crippen LogP contribution in [0.15, 0.2) is 42.5 Å². The summed E-state index contributed by atoms with van der Waals surface area (Å²) < 4.78 is 6.29. The molecule has 0 spiro atoms. The molecule has 0 fully saturated rings. The summed E-state index contributed by atoms with van der Waals surface area (Å²) >= 11 is 0. The van der Waals surface area contributed by atoms with Crippen LogP contribution in [0.3, 0.4) is 0 Å². The molecule has 0 aliphatic carbocycles. The van der Waals surface area contributed by atoms with Gasteiger partial charge in [0.25, 0.3) is 8.32 Å². The van der Waals surface area contributed by atoms with Crippen molar-refractivity contribution in [2.24, 2.45) is 0 Å². The molecular weight excluding hydrogens is 500 g/mol. The first-order chi connectivity index (χ1) is 19.0. The molecule has 0 saturated carbocycles. The molecule has 0 atom stereocenters. The SMILES string of the molecule is CCCCCCCC[Si](CCCCCCCC)(CCCCCCCCc1ccccc1)OC(=O)/C=C\C(=O)O. The van der Waals surface area contributed by atoms with Gasteiger partial charge in [0, 0.05) is 12.2 Å². The summed E-state index contributed by atoms with van der Waals surface area (Å²) in [6.45, 7) is 4.48. The Morgan fingerprint density at radius 2 is 1.08 bits per heavy atom. The smallest absolute Gasteiger partial charge is 0.328 e. The van der Waals surface area contributed by atoms with Crippen LogP contribution in [0.1, 0.15) is 135 Å². The van der Waals surface area contributed by atoms with Crippen molar-refractivity contribution in [1.29, 1.82) is 0 Å². The van der Waals surface area contributed by atoms with Crippen molar-refractivity contribution in [3.05, 3.63) is 48.0 Å². The maximum atomic E-state index is 12.7. The lowest BCUT2D eigenvalue weighted by molar-refractivity contribution is -0.133. The Morgan fingerprint density at radius 1 is 0.641 bits per heavy atom. The molecule has 222 valence electrons. The number of carbonyl (C=O) groups is 2. The molecule has 0 amide bonds. The number of aryl methyl sites for hydroxylation is 1. The second-order valence-electron chi connectivity index (χ2n) is 11.4. The summed E-state index contributed by atoms with van der Waals surface area (Å²) in [5.41, 5.74) is 1.43. The van der Waals surface area contributed by atoms with Crippen LogP contribution in [0.5, 0.6) is 0 Å². The summed E-state index contributed by atoms with van der Waals surface area (Å²) in [6.07, 6.45) is 25.3. The van der Waals surface area contributed by atoms with Crippen LogP contribution in [0.2, 0.25) is 18.1 Å². The molecule has 0 heterocycles. The second kappa shape index (κ2) is 24.0. The number of rotatable bonds is 26. The first-order valence-electron chi connectivity index (χ1n) is 16.2. The Morgan fingerprint density at radius 3 is 1.54 bits per heavy atom. The van der Waals surface area contributed by atoms with Gasteiger partial charge in [0.15, 0.2) is 0 Å². The highest BCUT2D eigenvalue weighted by atomic mass is 28.4. The van der Waals surface area contributed by atoms with E-state index in [1.165, 1.54) is 102 Å². The number of benzene rings is 1. The van der Waals surface area contributed by atoms with Gasteiger partial charge in [-0.1, -0.05) is 153 Å². The highest BCUT2D eigenvalue weighted by Crippen LogP contribution is 2.31. The molecule has 1 aromatic rings. The fourth-order valence-electron chi connectivity index (χ4n) is 5.50. The van der Waals surface area contributed by atoms with E-state index in [4.69, 9.17) is 9.53 Å². The van der Waals surface area contributed by atoms with E-state index in [2.05, 4.69) is 44.2 Å². The number of carboxylic acids is 1. The van der Waals surface area contributed by atoms with Crippen LogP contribution in [0.25, 0.3) is 0 Å². The van der Waals surface area contributed by atoms with Gasteiger partial charge >= 0.3 is 11.9 Å². The third-order valence-corrected chi connectivity index (χ3v) is 12.3. The number of hydrogen-bond acceptors (Lipinski definition) is 3. The van der Waals surface area contributed by atoms with E-state index >= 15 is 0 Å². The molecule has 0 bridgehead atoms. The van der Waals surface area contributed by atoms with Crippen molar-refractivity contribution in [2.45, 2.75) is 154 Å². The standard InChI is InChI=1S/C34H58O4Si/c1-3-5-7-9-14-21-29-39(30-22-15-10-8-6-4-2,38-34(37)28-27-33(35)36)31-23-16-12-11-13-18-24-32-25-19-17-20-26-32/h17,19-20,25-28H,3-16,18,21-24,29-31H2,1-2H3,(H,35,36)/b28-27-. The zero-order valence-corrected chi connectivity index (χ0v) is 26.3. The molecule has 5 heteroatoms. The normalized spacial score (nSPS) is 11.7. The van der Waals surface area contributed by atoms with Crippen molar-refractivity contribution in [1.82, 2.24) is 0 Å².